The lowest BCUT2D eigenvalue weighted by Gasteiger charge is -2.35. The fourth-order valence-electron chi connectivity index (χ4n) is 3.19. The number of rotatable bonds is 6. The Morgan fingerprint density at radius 3 is 2.92 bits per heavy atom. The van der Waals surface area contributed by atoms with Crippen molar-refractivity contribution in [3.63, 3.8) is 0 Å². The topological polar surface area (TPSA) is 59.4 Å². The van der Waals surface area contributed by atoms with Gasteiger partial charge in [0.1, 0.15) is 5.60 Å². The summed E-state index contributed by atoms with van der Waals surface area (Å²) in [5, 5.41) is 3.57. The third kappa shape index (κ3) is 6.51. The number of carbonyl (C=O) groups excluding carboxylic acids is 1. The molecule has 2 atom stereocenters. The molecule has 24 heavy (non-hydrogen) atoms. The first-order chi connectivity index (χ1) is 11.3. The molecule has 1 fully saturated rings. The van der Waals surface area contributed by atoms with Gasteiger partial charge in [-0.2, -0.15) is 0 Å². The molecule has 6 nitrogen and oxygen atoms in total. The highest BCUT2D eigenvalue weighted by Crippen LogP contribution is 2.22. The molecule has 0 saturated carbocycles. The number of hydrogen-bond donors (Lipinski definition) is 1. The van der Waals surface area contributed by atoms with Crippen LogP contribution in [0.4, 0.5) is 4.79 Å². The standard InChI is InChI=1S/C18H32N4O2/c1-15(20-8-11-21-10-7-19-14-21)12-16-6-5-9-22(13-16)17(23)24-18(2,3)4/h7,10,14-16,20H,5-6,8-9,11-13H2,1-4H3. The number of piperidine rings is 1. The number of nitrogens with zero attached hydrogens (tertiary/aromatic N) is 3. The molecule has 2 unspecified atom stereocenters. The van der Waals surface area contributed by atoms with Crippen molar-refractivity contribution in [2.75, 3.05) is 19.6 Å². The van der Waals surface area contributed by atoms with Gasteiger partial charge >= 0.3 is 6.09 Å². The molecule has 2 rings (SSSR count). The van der Waals surface area contributed by atoms with Crippen LogP contribution in [-0.4, -0.2) is 51.8 Å². The average Bonchev–Trinajstić information content (AvgIpc) is 2.99. The van der Waals surface area contributed by atoms with Crippen molar-refractivity contribution in [3.8, 4) is 0 Å². The van der Waals surface area contributed by atoms with E-state index in [1.54, 1.807) is 6.20 Å². The third-order valence-electron chi connectivity index (χ3n) is 4.28. The van der Waals surface area contributed by atoms with Crippen LogP contribution in [0.5, 0.6) is 0 Å². The van der Waals surface area contributed by atoms with Crippen molar-refractivity contribution in [2.24, 2.45) is 5.92 Å². The smallest absolute Gasteiger partial charge is 0.410 e. The lowest BCUT2D eigenvalue weighted by Crippen LogP contribution is -2.44. The predicted molar refractivity (Wildman–Crippen MR) is 94.8 cm³/mol. The Hall–Kier alpha value is -1.56. The first-order valence-electron chi connectivity index (χ1n) is 9.00. The zero-order valence-corrected chi connectivity index (χ0v) is 15.5. The number of amides is 1. The number of likely N-dealkylation sites (tertiary alicyclic amines) is 1. The Balaban J connectivity index is 1.70. The predicted octanol–water partition coefficient (Wildman–Crippen LogP) is 2.90. The highest BCUT2D eigenvalue weighted by Gasteiger charge is 2.28. The number of imidazole rings is 1. The highest BCUT2D eigenvalue weighted by atomic mass is 16.6. The van der Waals surface area contributed by atoms with E-state index in [2.05, 4.69) is 21.8 Å². The van der Waals surface area contributed by atoms with Gasteiger partial charge in [0, 0.05) is 44.6 Å². The number of hydrogen-bond acceptors (Lipinski definition) is 4. The molecule has 0 aliphatic carbocycles. The van der Waals surface area contributed by atoms with Crippen molar-refractivity contribution in [1.29, 1.82) is 0 Å². The van der Waals surface area contributed by atoms with Gasteiger partial charge in [0.2, 0.25) is 0 Å². The van der Waals surface area contributed by atoms with E-state index in [9.17, 15) is 4.79 Å². The molecule has 1 N–H and O–H groups in total. The van der Waals surface area contributed by atoms with Crippen LogP contribution in [0, 0.1) is 5.92 Å². The number of ether oxygens (including phenoxy) is 1. The van der Waals surface area contributed by atoms with Crippen LogP contribution in [-0.2, 0) is 11.3 Å². The molecule has 1 aliphatic rings. The van der Waals surface area contributed by atoms with Crippen LogP contribution in [0.15, 0.2) is 18.7 Å². The molecule has 1 amide bonds. The van der Waals surface area contributed by atoms with Gasteiger partial charge in [0.15, 0.2) is 0 Å². The molecular weight excluding hydrogens is 304 g/mol. The second-order valence-electron chi connectivity index (χ2n) is 7.83. The molecule has 6 heteroatoms. The summed E-state index contributed by atoms with van der Waals surface area (Å²) >= 11 is 0. The number of nitrogens with one attached hydrogen (secondary N) is 1. The first kappa shape index (κ1) is 18.8. The van der Waals surface area contributed by atoms with Gasteiger partial charge < -0.3 is 19.5 Å². The molecule has 1 aliphatic heterocycles. The van der Waals surface area contributed by atoms with Gasteiger partial charge in [-0.05, 0) is 52.9 Å². The number of carbonyl (C=O) groups is 1. The van der Waals surface area contributed by atoms with E-state index < -0.39 is 5.60 Å². The maximum atomic E-state index is 12.2. The van der Waals surface area contributed by atoms with Gasteiger partial charge in [0.05, 0.1) is 6.33 Å². The zero-order chi connectivity index (χ0) is 17.6. The van der Waals surface area contributed by atoms with E-state index in [1.165, 1.54) is 6.42 Å². The molecular formula is C18H32N4O2. The second-order valence-corrected chi connectivity index (χ2v) is 7.83. The van der Waals surface area contributed by atoms with E-state index >= 15 is 0 Å². The fraction of sp³-hybridized carbons (Fsp3) is 0.778. The van der Waals surface area contributed by atoms with E-state index in [0.29, 0.717) is 12.0 Å². The fourth-order valence-corrected chi connectivity index (χ4v) is 3.19. The van der Waals surface area contributed by atoms with Crippen molar-refractivity contribution in [2.45, 2.75) is 65.1 Å². The Morgan fingerprint density at radius 2 is 2.25 bits per heavy atom. The minimum atomic E-state index is -0.424. The SMILES string of the molecule is CC(CC1CCCN(C(=O)OC(C)(C)C)C1)NCCn1ccnc1. The second kappa shape index (κ2) is 8.51. The van der Waals surface area contributed by atoms with Crippen LogP contribution in [0.3, 0.4) is 0 Å². The summed E-state index contributed by atoms with van der Waals surface area (Å²) < 4.78 is 7.57. The van der Waals surface area contributed by atoms with E-state index in [-0.39, 0.29) is 6.09 Å². The molecule has 0 aromatic carbocycles. The maximum Gasteiger partial charge on any atom is 0.410 e. The summed E-state index contributed by atoms with van der Waals surface area (Å²) in [6, 6.07) is 0.442. The van der Waals surface area contributed by atoms with Crippen LogP contribution in [0.25, 0.3) is 0 Å². The number of aromatic nitrogens is 2. The van der Waals surface area contributed by atoms with Crippen LogP contribution >= 0.6 is 0 Å². The summed E-state index contributed by atoms with van der Waals surface area (Å²) in [6.07, 6.45) is 8.78. The zero-order valence-electron chi connectivity index (χ0n) is 15.5. The van der Waals surface area contributed by atoms with Gasteiger partial charge in [-0.15, -0.1) is 0 Å². The van der Waals surface area contributed by atoms with E-state index in [4.69, 9.17) is 4.74 Å². The van der Waals surface area contributed by atoms with E-state index in [0.717, 1.165) is 39.0 Å². The summed E-state index contributed by atoms with van der Waals surface area (Å²) in [4.78, 5) is 18.2. The van der Waals surface area contributed by atoms with Gasteiger partial charge in [-0.3, -0.25) is 0 Å². The molecule has 136 valence electrons. The lowest BCUT2D eigenvalue weighted by molar-refractivity contribution is 0.0157. The van der Waals surface area contributed by atoms with Crippen molar-refractivity contribution in [1.82, 2.24) is 19.8 Å². The minimum Gasteiger partial charge on any atom is -0.444 e. The summed E-state index contributed by atoms with van der Waals surface area (Å²) in [6.45, 7) is 11.4. The van der Waals surface area contributed by atoms with Crippen LogP contribution in [0.1, 0.15) is 47.0 Å². The monoisotopic (exact) mass is 336 g/mol. The molecule has 0 radical (unpaired) electrons. The summed E-state index contributed by atoms with van der Waals surface area (Å²) in [5.74, 6) is 0.544. The molecule has 1 aromatic rings. The Bertz CT molecular complexity index is 496. The molecule has 1 saturated heterocycles. The Labute approximate surface area is 145 Å². The largest absolute Gasteiger partial charge is 0.444 e. The van der Waals surface area contributed by atoms with Gasteiger partial charge in [-0.25, -0.2) is 9.78 Å². The minimum absolute atomic E-state index is 0.173. The Morgan fingerprint density at radius 1 is 1.46 bits per heavy atom. The van der Waals surface area contributed by atoms with Crippen LogP contribution in [0.2, 0.25) is 0 Å². The van der Waals surface area contributed by atoms with E-state index in [1.807, 2.05) is 38.2 Å². The Kier molecular flexibility index (Phi) is 6.66. The van der Waals surface area contributed by atoms with Gasteiger partial charge in [0.25, 0.3) is 0 Å². The molecule has 0 spiro atoms. The van der Waals surface area contributed by atoms with Crippen LogP contribution < -0.4 is 5.32 Å². The average molecular weight is 336 g/mol. The lowest BCUT2D eigenvalue weighted by atomic mass is 9.92. The quantitative estimate of drug-likeness (QED) is 0.868. The molecule has 0 bridgehead atoms. The molecule has 1 aromatic heterocycles. The van der Waals surface area contributed by atoms with Crippen molar-refractivity contribution < 1.29 is 9.53 Å². The summed E-state index contributed by atoms with van der Waals surface area (Å²) in [5.41, 5.74) is -0.424. The van der Waals surface area contributed by atoms with Crippen molar-refractivity contribution in [3.05, 3.63) is 18.7 Å². The highest BCUT2D eigenvalue weighted by molar-refractivity contribution is 5.68. The summed E-state index contributed by atoms with van der Waals surface area (Å²) in [7, 11) is 0. The van der Waals surface area contributed by atoms with Crippen molar-refractivity contribution >= 4 is 6.09 Å². The van der Waals surface area contributed by atoms with Gasteiger partial charge in [-0.1, -0.05) is 0 Å². The first-order valence-corrected chi connectivity index (χ1v) is 9.00. The third-order valence-corrected chi connectivity index (χ3v) is 4.28. The normalized spacial score (nSPS) is 20.0. The molecule has 2 heterocycles. The maximum absolute atomic E-state index is 12.2.